The second-order valence-electron chi connectivity index (χ2n) is 4.07. The number of hydrogen-bond donors (Lipinski definition) is 1. The number of halogens is 3. The molecule has 1 fully saturated rings. The summed E-state index contributed by atoms with van der Waals surface area (Å²) in [6.45, 7) is 1.01. The van der Waals surface area contributed by atoms with Crippen LogP contribution in [-0.4, -0.2) is 19.1 Å². The molecular formula is C11H13F3N2. The van der Waals surface area contributed by atoms with Gasteiger partial charge in [-0.1, -0.05) is 0 Å². The van der Waals surface area contributed by atoms with Gasteiger partial charge in [0, 0.05) is 31.3 Å². The Kier molecular flexibility index (Phi) is 3.05. The van der Waals surface area contributed by atoms with E-state index >= 15 is 0 Å². The average molecular weight is 230 g/mol. The molecule has 1 atom stereocenters. The largest absolute Gasteiger partial charge is 0.367 e. The highest BCUT2D eigenvalue weighted by atomic mass is 19.2. The van der Waals surface area contributed by atoms with Crippen molar-refractivity contribution in [1.29, 1.82) is 0 Å². The van der Waals surface area contributed by atoms with Crippen LogP contribution in [0.15, 0.2) is 12.1 Å². The summed E-state index contributed by atoms with van der Waals surface area (Å²) >= 11 is 0. The summed E-state index contributed by atoms with van der Waals surface area (Å²) in [6.07, 6.45) is 1.66. The van der Waals surface area contributed by atoms with Crippen LogP contribution in [0.3, 0.4) is 0 Å². The van der Waals surface area contributed by atoms with E-state index in [0.717, 1.165) is 18.9 Å². The summed E-state index contributed by atoms with van der Waals surface area (Å²) in [4.78, 5) is 1.59. The lowest BCUT2D eigenvalue weighted by Crippen LogP contribution is -2.43. The van der Waals surface area contributed by atoms with Crippen LogP contribution >= 0.6 is 0 Å². The first-order chi connectivity index (χ1) is 7.58. The molecule has 1 aliphatic rings. The minimum absolute atomic E-state index is 0.0346. The zero-order valence-electron chi connectivity index (χ0n) is 8.72. The third kappa shape index (κ3) is 2.14. The average Bonchev–Trinajstić information content (AvgIpc) is 2.23. The third-order valence-electron chi connectivity index (χ3n) is 2.77. The van der Waals surface area contributed by atoms with Gasteiger partial charge in [-0.05, 0) is 12.8 Å². The van der Waals surface area contributed by atoms with Gasteiger partial charge in [0.25, 0.3) is 0 Å². The quantitative estimate of drug-likeness (QED) is 0.748. The van der Waals surface area contributed by atoms with Gasteiger partial charge in [0.1, 0.15) is 5.82 Å². The van der Waals surface area contributed by atoms with Crippen LogP contribution in [0.5, 0.6) is 0 Å². The summed E-state index contributed by atoms with van der Waals surface area (Å²) in [5.74, 6) is -2.93. The fraction of sp³-hybridized carbons (Fsp3) is 0.455. The Morgan fingerprint density at radius 2 is 2.00 bits per heavy atom. The number of benzene rings is 1. The highest BCUT2D eigenvalue weighted by Gasteiger charge is 2.22. The van der Waals surface area contributed by atoms with Crippen molar-refractivity contribution in [2.24, 2.45) is 5.73 Å². The zero-order chi connectivity index (χ0) is 11.7. The Bertz CT molecular complexity index is 395. The highest BCUT2D eigenvalue weighted by molar-refractivity contribution is 5.49. The number of nitrogens with two attached hydrogens (primary N) is 1. The molecule has 2 rings (SSSR count). The molecule has 1 unspecified atom stereocenters. The fourth-order valence-electron chi connectivity index (χ4n) is 2.00. The maximum atomic E-state index is 13.5. The minimum atomic E-state index is -1.16. The molecule has 1 aromatic carbocycles. The van der Waals surface area contributed by atoms with E-state index in [1.807, 2.05) is 0 Å². The third-order valence-corrected chi connectivity index (χ3v) is 2.77. The normalized spacial score (nSPS) is 21.2. The molecule has 0 bridgehead atoms. The molecule has 5 heteroatoms. The van der Waals surface area contributed by atoms with Gasteiger partial charge in [-0.3, -0.25) is 0 Å². The van der Waals surface area contributed by atoms with Crippen molar-refractivity contribution < 1.29 is 13.2 Å². The van der Waals surface area contributed by atoms with Crippen LogP contribution in [0.2, 0.25) is 0 Å². The van der Waals surface area contributed by atoms with Crippen LogP contribution < -0.4 is 10.6 Å². The Morgan fingerprint density at radius 3 is 2.69 bits per heavy atom. The van der Waals surface area contributed by atoms with Gasteiger partial charge in [0.15, 0.2) is 11.6 Å². The predicted molar refractivity (Wildman–Crippen MR) is 55.7 cm³/mol. The molecule has 0 amide bonds. The number of hydrogen-bond acceptors (Lipinski definition) is 2. The van der Waals surface area contributed by atoms with E-state index in [9.17, 15) is 13.2 Å². The van der Waals surface area contributed by atoms with Crippen molar-refractivity contribution in [3.05, 3.63) is 29.6 Å². The van der Waals surface area contributed by atoms with Crippen molar-refractivity contribution in [3.8, 4) is 0 Å². The first-order valence-corrected chi connectivity index (χ1v) is 5.23. The van der Waals surface area contributed by atoms with Crippen LogP contribution in [0.1, 0.15) is 12.8 Å². The molecule has 0 aliphatic carbocycles. The Morgan fingerprint density at radius 1 is 1.25 bits per heavy atom. The Labute approximate surface area is 91.8 Å². The maximum Gasteiger partial charge on any atom is 0.182 e. The van der Waals surface area contributed by atoms with Crippen molar-refractivity contribution >= 4 is 5.69 Å². The van der Waals surface area contributed by atoms with Gasteiger partial charge in [-0.15, -0.1) is 0 Å². The number of rotatable bonds is 1. The molecule has 1 aliphatic heterocycles. The van der Waals surface area contributed by atoms with Gasteiger partial charge >= 0.3 is 0 Å². The van der Waals surface area contributed by atoms with Gasteiger partial charge in [-0.2, -0.15) is 0 Å². The van der Waals surface area contributed by atoms with Crippen LogP contribution in [-0.2, 0) is 0 Å². The van der Waals surface area contributed by atoms with E-state index in [1.165, 1.54) is 0 Å². The molecule has 1 saturated heterocycles. The first-order valence-electron chi connectivity index (χ1n) is 5.23. The molecule has 16 heavy (non-hydrogen) atoms. The molecule has 0 spiro atoms. The molecule has 0 radical (unpaired) electrons. The van der Waals surface area contributed by atoms with Crippen LogP contribution in [0.25, 0.3) is 0 Å². The van der Waals surface area contributed by atoms with E-state index in [2.05, 4.69) is 0 Å². The van der Waals surface area contributed by atoms with E-state index in [0.29, 0.717) is 19.2 Å². The Balaban J connectivity index is 2.32. The SMILES string of the molecule is NC1CCCN(c2cc(F)cc(F)c2F)C1. The van der Waals surface area contributed by atoms with Gasteiger partial charge in [0.2, 0.25) is 0 Å². The molecule has 88 valence electrons. The fourth-order valence-corrected chi connectivity index (χ4v) is 2.00. The standard InChI is InChI=1S/C11H13F3N2/c12-7-4-9(13)11(14)10(5-7)16-3-1-2-8(15)6-16/h4-5,8H,1-3,6,15H2. The van der Waals surface area contributed by atoms with Crippen molar-refractivity contribution in [3.63, 3.8) is 0 Å². The summed E-state index contributed by atoms with van der Waals surface area (Å²) in [6, 6.07) is 1.48. The van der Waals surface area contributed by atoms with Gasteiger partial charge in [0.05, 0.1) is 5.69 Å². The molecule has 0 saturated carbocycles. The van der Waals surface area contributed by atoms with E-state index < -0.39 is 17.5 Å². The van der Waals surface area contributed by atoms with Gasteiger partial charge in [-0.25, -0.2) is 13.2 Å². The lowest BCUT2D eigenvalue weighted by atomic mass is 10.1. The summed E-state index contributed by atoms with van der Waals surface area (Å²) < 4.78 is 39.5. The van der Waals surface area contributed by atoms with Crippen molar-refractivity contribution in [2.45, 2.75) is 18.9 Å². The van der Waals surface area contributed by atoms with E-state index in [-0.39, 0.29) is 11.7 Å². The second kappa shape index (κ2) is 4.33. The summed E-state index contributed by atoms with van der Waals surface area (Å²) in [7, 11) is 0. The minimum Gasteiger partial charge on any atom is -0.367 e. The predicted octanol–water partition coefficient (Wildman–Crippen LogP) is 2.03. The van der Waals surface area contributed by atoms with Gasteiger partial charge < -0.3 is 10.6 Å². The number of nitrogens with zero attached hydrogens (tertiary/aromatic N) is 1. The maximum absolute atomic E-state index is 13.5. The molecule has 2 N–H and O–H groups in total. The number of piperidine rings is 1. The van der Waals surface area contributed by atoms with Crippen LogP contribution in [0.4, 0.5) is 18.9 Å². The lowest BCUT2D eigenvalue weighted by molar-refractivity contribution is 0.470. The van der Waals surface area contributed by atoms with E-state index in [4.69, 9.17) is 5.73 Å². The van der Waals surface area contributed by atoms with Crippen molar-refractivity contribution in [1.82, 2.24) is 0 Å². The molecular weight excluding hydrogens is 217 g/mol. The molecule has 1 aromatic rings. The smallest absolute Gasteiger partial charge is 0.182 e. The molecule has 1 heterocycles. The first kappa shape index (κ1) is 11.3. The number of anilines is 1. The summed E-state index contributed by atoms with van der Waals surface area (Å²) in [5, 5.41) is 0. The zero-order valence-corrected chi connectivity index (χ0v) is 8.72. The highest BCUT2D eigenvalue weighted by Crippen LogP contribution is 2.25. The lowest BCUT2D eigenvalue weighted by Gasteiger charge is -2.32. The monoisotopic (exact) mass is 230 g/mol. The molecule has 0 aromatic heterocycles. The molecule has 2 nitrogen and oxygen atoms in total. The van der Waals surface area contributed by atoms with Crippen LogP contribution in [0, 0.1) is 17.5 Å². The van der Waals surface area contributed by atoms with Crippen molar-refractivity contribution in [2.75, 3.05) is 18.0 Å². The Hall–Kier alpha value is -1.23. The summed E-state index contributed by atoms with van der Waals surface area (Å²) in [5.41, 5.74) is 5.70. The van der Waals surface area contributed by atoms with E-state index in [1.54, 1.807) is 4.90 Å². The topological polar surface area (TPSA) is 29.3 Å². The second-order valence-corrected chi connectivity index (χ2v) is 4.07.